The third-order valence-electron chi connectivity index (χ3n) is 2.81. The molecule has 0 unspecified atom stereocenters. The van der Waals surface area contributed by atoms with Crippen molar-refractivity contribution in [3.63, 3.8) is 0 Å². The van der Waals surface area contributed by atoms with Gasteiger partial charge in [-0.15, -0.1) is 0 Å². The van der Waals surface area contributed by atoms with E-state index in [2.05, 4.69) is 19.2 Å². The molecular formula is C12H26N2O4S. The number of nitrogens with zero attached hydrogens (tertiary/aromatic N) is 1. The molecule has 19 heavy (non-hydrogen) atoms. The molecule has 1 amide bonds. The van der Waals surface area contributed by atoms with Gasteiger partial charge in [-0.05, 0) is 19.3 Å². The summed E-state index contributed by atoms with van der Waals surface area (Å²) in [6, 6.07) is 0. The average Bonchev–Trinajstić information content (AvgIpc) is 2.26. The molecule has 0 aliphatic rings. The Bertz CT molecular complexity index is 368. The summed E-state index contributed by atoms with van der Waals surface area (Å²) in [6.07, 6.45) is 1.90. The largest absolute Gasteiger partial charge is 0.378 e. The van der Waals surface area contributed by atoms with Gasteiger partial charge in [-0.3, -0.25) is 4.79 Å². The van der Waals surface area contributed by atoms with Crippen LogP contribution in [0.1, 0.15) is 27.2 Å². The van der Waals surface area contributed by atoms with Crippen molar-refractivity contribution >= 4 is 15.9 Å². The number of rotatable bonds is 9. The van der Waals surface area contributed by atoms with Crippen LogP contribution in [0.5, 0.6) is 0 Å². The first-order chi connectivity index (χ1) is 8.68. The molecule has 0 bridgehead atoms. The Labute approximate surface area is 116 Å². The molecular weight excluding hydrogens is 268 g/mol. The van der Waals surface area contributed by atoms with Gasteiger partial charge in [0.15, 0.2) is 0 Å². The van der Waals surface area contributed by atoms with Gasteiger partial charge in [0.2, 0.25) is 15.9 Å². The van der Waals surface area contributed by atoms with E-state index in [0.29, 0.717) is 19.1 Å². The van der Waals surface area contributed by atoms with Crippen molar-refractivity contribution in [3.05, 3.63) is 0 Å². The maximum Gasteiger partial charge on any atom is 0.235 e. The van der Waals surface area contributed by atoms with Crippen LogP contribution in [0.3, 0.4) is 0 Å². The molecule has 0 heterocycles. The lowest BCUT2D eigenvalue weighted by Gasteiger charge is -2.21. The van der Waals surface area contributed by atoms with Crippen LogP contribution in [-0.4, -0.2) is 57.7 Å². The zero-order valence-corrected chi connectivity index (χ0v) is 13.3. The third-order valence-corrected chi connectivity index (χ3v) is 4.07. The fraction of sp³-hybridized carbons (Fsp3) is 0.917. The lowest BCUT2D eigenvalue weighted by atomic mass is 10.0. The van der Waals surface area contributed by atoms with Crippen molar-refractivity contribution in [1.29, 1.82) is 0 Å². The van der Waals surface area contributed by atoms with E-state index in [9.17, 15) is 13.2 Å². The summed E-state index contributed by atoms with van der Waals surface area (Å²) in [5.41, 5.74) is 0. The minimum absolute atomic E-state index is 0.109. The predicted molar refractivity (Wildman–Crippen MR) is 75.4 cm³/mol. The Morgan fingerprint density at radius 1 is 1.37 bits per heavy atom. The van der Waals surface area contributed by atoms with Gasteiger partial charge in [0.1, 0.15) is 0 Å². The fourth-order valence-electron chi connectivity index (χ4n) is 1.55. The summed E-state index contributed by atoms with van der Waals surface area (Å²) in [7, 11) is -1.93. The summed E-state index contributed by atoms with van der Waals surface area (Å²) in [4.78, 5) is 11.6. The van der Waals surface area contributed by atoms with Crippen LogP contribution in [0.2, 0.25) is 0 Å². The van der Waals surface area contributed by atoms with Gasteiger partial charge < -0.3 is 10.1 Å². The quantitative estimate of drug-likeness (QED) is 0.670. The zero-order valence-electron chi connectivity index (χ0n) is 12.5. The van der Waals surface area contributed by atoms with E-state index < -0.39 is 10.0 Å². The minimum atomic E-state index is -3.31. The molecule has 0 spiro atoms. The second-order valence-corrected chi connectivity index (χ2v) is 6.98. The van der Waals surface area contributed by atoms with E-state index in [1.165, 1.54) is 7.05 Å². The van der Waals surface area contributed by atoms with Gasteiger partial charge in [0.05, 0.1) is 18.9 Å². The molecule has 0 aromatic carbocycles. The van der Waals surface area contributed by atoms with Crippen molar-refractivity contribution in [2.24, 2.45) is 5.92 Å². The molecule has 7 heteroatoms. The predicted octanol–water partition coefficient (Wildman–Crippen LogP) is 0.445. The summed E-state index contributed by atoms with van der Waals surface area (Å²) >= 11 is 0. The minimum Gasteiger partial charge on any atom is -0.378 e. The first kappa shape index (κ1) is 18.3. The lowest BCUT2D eigenvalue weighted by molar-refractivity contribution is -0.121. The highest BCUT2D eigenvalue weighted by Crippen LogP contribution is 2.09. The van der Waals surface area contributed by atoms with Crippen LogP contribution in [0, 0.1) is 5.92 Å². The van der Waals surface area contributed by atoms with Crippen molar-refractivity contribution < 1.29 is 17.9 Å². The second-order valence-electron chi connectivity index (χ2n) is 4.90. The standard InChI is InChI=1S/C12H26N2O4S/c1-6-18-11(10(2)3)7-8-13-12(15)9-14(4)19(5,16)17/h10-11H,6-9H2,1-5H3,(H,13,15)/t11-/m1/s1. The monoisotopic (exact) mass is 294 g/mol. The van der Waals surface area contributed by atoms with Gasteiger partial charge in [0.25, 0.3) is 0 Å². The highest BCUT2D eigenvalue weighted by molar-refractivity contribution is 7.88. The molecule has 6 nitrogen and oxygen atoms in total. The van der Waals surface area contributed by atoms with Crippen LogP contribution in [0.25, 0.3) is 0 Å². The van der Waals surface area contributed by atoms with E-state index in [-0.39, 0.29) is 18.6 Å². The molecule has 0 fully saturated rings. The number of nitrogens with one attached hydrogen (secondary N) is 1. The van der Waals surface area contributed by atoms with Crippen molar-refractivity contribution in [2.45, 2.75) is 33.3 Å². The summed E-state index contributed by atoms with van der Waals surface area (Å²) < 4.78 is 28.9. The molecule has 0 aromatic rings. The molecule has 0 saturated carbocycles. The van der Waals surface area contributed by atoms with Crippen LogP contribution in [0.15, 0.2) is 0 Å². The van der Waals surface area contributed by atoms with Gasteiger partial charge in [0, 0.05) is 20.2 Å². The summed E-state index contributed by atoms with van der Waals surface area (Å²) in [5, 5.41) is 2.70. The first-order valence-electron chi connectivity index (χ1n) is 6.48. The number of hydrogen-bond donors (Lipinski definition) is 1. The van der Waals surface area contributed by atoms with Crippen molar-refractivity contribution in [3.8, 4) is 0 Å². The molecule has 0 aromatic heterocycles. The van der Waals surface area contributed by atoms with Crippen LogP contribution >= 0.6 is 0 Å². The Hall–Kier alpha value is -0.660. The molecule has 1 atom stereocenters. The number of likely N-dealkylation sites (N-methyl/N-ethyl adjacent to an activating group) is 1. The molecule has 114 valence electrons. The number of ether oxygens (including phenoxy) is 1. The Morgan fingerprint density at radius 3 is 2.37 bits per heavy atom. The Kier molecular flexibility index (Phi) is 8.20. The third kappa shape index (κ3) is 8.18. The SMILES string of the molecule is CCO[C@H](CCNC(=O)CN(C)S(C)(=O)=O)C(C)C. The Morgan fingerprint density at radius 2 is 1.95 bits per heavy atom. The van der Waals surface area contributed by atoms with Crippen molar-refractivity contribution in [1.82, 2.24) is 9.62 Å². The molecule has 0 rings (SSSR count). The average molecular weight is 294 g/mol. The number of hydrogen-bond acceptors (Lipinski definition) is 4. The first-order valence-corrected chi connectivity index (χ1v) is 8.32. The maximum atomic E-state index is 11.6. The van der Waals surface area contributed by atoms with Crippen LogP contribution in [-0.2, 0) is 19.6 Å². The van der Waals surface area contributed by atoms with Crippen molar-refractivity contribution in [2.75, 3.05) is 33.0 Å². The van der Waals surface area contributed by atoms with Crippen LogP contribution < -0.4 is 5.32 Å². The maximum absolute atomic E-state index is 11.6. The molecule has 0 radical (unpaired) electrons. The summed E-state index contributed by atoms with van der Waals surface area (Å²) in [6.45, 7) is 7.06. The summed E-state index contributed by atoms with van der Waals surface area (Å²) in [5.74, 6) is 0.0856. The number of carbonyl (C=O) groups excluding carboxylic acids is 1. The smallest absolute Gasteiger partial charge is 0.235 e. The van der Waals surface area contributed by atoms with Crippen LogP contribution in [0.4, 0.5) is 0 Å². The highest BCUT2D eigenvalue weighted by atomic mass is 32.2. The van der Waals surface area contributed by atoms with E-state index >= 15 is 0 Å². The van der Waals surface area contributed by atoms with Gasteiger partial charge in [-0.2, -0.15) is 4.31 Å². The van der Waals surface area contributed by atoms with E-state index in [0.717, 1.165) is 17.0 Å². The normalized spacial score (nSPS) is 13.8. The molecule has 1 N–H and O–H groups in total. The van der Waals surface area contributed by atoms with E-state index in [1.54, 1.807) is 0 Å². The Balaban J connectivity index is 4.03. The molecule has 0 aliphatic heterocycles. The molecule has 0 aliphatic carbocycles. The number of amides is 1. The fourth-order valence-corrected chi connectivity index (χ4v) is 1.90. The van der Waals surface area contributed by atoms with Gasteiger partial charge in [-0.1, -0.05) is 13.8 Å². The van der Waals surface area contributed by atoms with Gasteiger partial charge in [-0.25, -0.2) is 8.42 Å². The molecule has 0 saturated heterocycles. The number of carbonyl (C=O) groups is 1. The lowest BCUT2D eigenvalue weighted by Crippen LogP contribution is -2.39. The zero-order chi connectivity index (χ0) is 15.1. The number of sulfonamides is 1. The highest BCUT2D eigenvalue weighted by Gasteiger charge is 2.16. The second kappa shape index (κ2) is 8.50. The topological polar surface area (TPSA) is 75.7 Å². The van der Waals surface area contributed by atoms with E-state index in [1.807, 2.05) is 6.92 Å². The van der Waals surface area contributed by atoms with Gasteiger partial charge >= 0.3 is 0 Å². The van der Waals surface area contributed by atoms with E-state index in [4.69, 9.17) is 4.74 Å².